The molecule has 0 aromatic heterocycles. The summed E-state index contributed by atoms with van der Waals surface area (Å²) < 4.78 is 78.3. The average molecular weight is 467 g/mol. The van der Waals surface area contributed by atoms with Gasteiger partial charge >= 0.3 is 6.11 Å². The second-order valence-electron chi connectivity index (χ2n) is 10.1. The molecule has 0 radical (unpaired) electrons. The molecule has 0 spiro atoms. The van der Waals surface area contributed by atoms with Gasteiger partial charge < -0.3 is 4.74 Å². The zero-order valence-corrected chi connectivity index (χ0v) is 19.2. The molecule has 0 heterocycles. The summed E-state index contributed by atoms with van der Waals surface area (Å²) in [5, 5.41) is 0. The molecule has 0 N–H and O–H groups in total. The van der Waals surface area contributed by atoms with E-state index in [-0.39, 0.29) is 17.4 Å². The molecule has 2 aliphatic rings. The fourth-order valence-electron chi connectivity index (χ4n) is 5.38. The Hall–Kier alpha value is -2.11. The number of hydrogen-bond donors (Lipinski definition) is 0. The predicted molar refractivity (Wildman–Crippen MR) is 118 cm³/mol. The second kappa shape index (κ2) is 9.63. The highest BCUT2D eigenvalue weighted by Gasteiger charge is 2.39. The van der Waals surface area contributed by atoms with Gasteiger partial charge in [-0.15, -0.1) is 0 Å². The van der Waals surface area contributed by atoms with Gasteiger partial charge in [-0.3, -0.25) is 0 Å². The summed E-state index contributed by atoms with van der Waals surface area (Å²) in [5.74, 6) is -2.53. The van der Waals surface area contributed by atoms with Crippen LogP contribution in [0.3, 0.4) is 0 Å². The average Bonchev–Trinajstić information content (AvgIpc) is 2.74. The molecule has 4 rings (SSSR count). The Morgan fingerprint density at radius 2 is 1.21 bits per heavy atom. The first kappa shape index (κ1) is 24.0. The maximum Gasteiger partial charge on any atom is 0.429 e. The quantitative estimate of drug-likeness (QED) is 0.400. The third kappa shape index (κ3) is 5.36. The van der Waals surface area contributed by atoms with Crippen molar-refractivity contribution >= 4 is 0 Å². The Morgan fingerprint density at radius 1 is 0.697 bits per heavy atom. The Morgan fingerprint density at radius 3 is 1.73 bits per heavy atom. The topological polar surface area (TPSA) is 9.23 Å². The molecular formula is C27H31F5O. The van der Waals surface area contributed by atoms with Crippen molar-refractivity contribution in [2.45, 2.75) is 83.2 Å². The minimum Gasteiger partial charge on any atom is -0.429 e. The number of rotatable bonds is 5. The maximum atomic E-state index is 14.8. The van der Waals surface area contributed by atoms with Gasteiger partial charge in [0.1, 0.15) is 23.2 Å². The van der Waals surface area contributed by atoms with Crippen LogP contribution in [-0.2, 0) is 6.11 Å². The highest BCUT2D eigenvalue weighted by atomic mass is 19.3. The van der Waals surface area contributed by atoms with Crippen molar-refractivity contribution in [3.63, 3.8) is 0 Å². The minimum absolute atomic E-state index is 0.0742. The lowest BCUT2D eigenvalue weighted by Crippen LogP contribution is -2.24. The van der Waals surface area contributed by atoms with Crippen molar-refractivity contribution in [3.05, 3.63) is 64.5 Å². The molecule has 0 aliphatic heterocycles. The SMILES string of the molecule is CC1CCC(c2ccc(C(F)(F)Oc3cc(F)c(C4CCC(C)CC4)c(F)c3)c(F)c2)CC1. The second-order valence-corrected chi connectivity index (χ2v) is 10.1. The predicted octanol–water partition coefficient (Wildman–Crippen LogP) is 8.82. The van der Waals surface area contributed by atoms with Gasteiger partial charge in [-0.1, -0.05) is 45.6 Å². The van der Waals surface area contributed by atoms with Crippen LogP contribution in [0.4, 0.5) is 22.0 Å². The summed E-state index contributed by atoms with van der Waals surface area (Å²) in [6, 6.07) is 5.22. The molecule has 2 aliphatic carbocycles. The lowest BCUT2D eigenvalue weighted by atomic mass is 9.79. The van der Waals surface area contributed by atoms with E-state index in [0.29, 0.717) is 30.2 Å². The van der Waals surface area contributed by atoms with E-state index in [1.54, 1.807) is 0 Å². The maximum absolute atomic E-state index is 14.8. The van der Waals surface area contributed by atoms with Crippen LogP contribution in [0.5, 0.6) is 5.75 Å². The fourth-order valence-corrected chi connectivity index (χ4v) is 5.38. The van der Waals surface area contributed by atoms with Crippen molar-refractivity contribution in [2.24, 2.45) is 11.8 Å². The molecule has 2 fully saturated rings. The summed E-state index contributed by atoms with van der Waals surface area (Å²) in [6.45, 7) is 4.27. The summed E-state index contributed by atoms with van der Waals surface area (Å²) in [5.41, 5.74) is -0.321. The van der Waals surface area contributed by atoms with Gasteiger partial charge in [0.05, 0.1) is 5.56 Å². The van der Waals surface area contributed by atoms with E-state index in [1.807, 2.05) is 0 Å². The summed E-state index contributed by atoms with van der Waals surface area (Å²) in [6.07, 6.45) is 2.84. The van der Waals surface area contributed by atoms with Crippen LogP contribution in [0.2, 0.25) is 0 Å². The van der Waals surface area contributed by atoms with Crippen molar-refractivity contribution in [1.29, 1.82) is 0 Å². The van der Waals surface area contributed by atoms with Gasteiger partial charge in [0, 0.05) is 17.7 Å². The Kier molecular flexibility index (Phi) is 7.01. The molecule has 0 bridgehead atoms. The van der Waals surface area contributed by atoms with Gasteiger partial charge in [-0.05, 0) is 67.1 Å². The van der Waals surface area contributed by atoms with Gasteiger partial charge in [-0.25, -0.2) is 13.2 Å². The van der Waals surface area contributed by atoms with Crippen LogP contribution in [0.1, 0.15) is 93.7 Å². The first-order valence-electron chi connectivity index (χ1n) is 12.0. The summed E-state index contributed by atoms with van der Waals surface area (Å²) in [7, 11) is 0. The molecule has 1 nitrogen and oxygen atoms in total. The van der Waals surface area contributed by atoms with Crippen LogP contribution >= 0.6 is 0 Å². The number of ether oxygens (including phenoxy) is 1. The molecule has 6 heteroatoms. The number of hydrogen-bond acceptors (Lipinski definition) is 1. The minimum atomic E-state index is -4.07. The van der Waals surface area contributed by atoms with E-state index in [9.17, 15) is 22.0 Å². The summed E-state index contributed by atoms with van der Waals surface area (Å²) in [4.78, 5) is 0. The molecule has 2 aromatic carbocycles. The standard InChI is InChI=1S/C27H31F5O/c1-16-3-7-18(8-4-16)20-11-12-22(23(28)13-20)27(31,32)33-21-14-24(29)26(25(30)15-21)19-9-5-17(2)6-10-19/h11-19H,3-10H2,1-2H3. The Balaban J connectivity index is 1.51. The third-order valence-corrected chi connectivity index (χ3v) is 7.52. The molecular weight excluding hydrogens is 435 g/mol. The van der Waals surface area contributed by atoms with Crippen molar-refractivity contribution in [3.8, 4) is 5.75 Å². The monoisotopic (exact) mass is 466 g/mol. The van der Waals surface area contributed by atoms with Gasteiger partial charge in [0.15, 0.2) is 0 Å². The van der Waals surface area contributed by atoms with E-state index < -0.39 is 34.9 Å². The van der Waals surface area contributed by atoms with Gasteiger partial charge in [0.2, 0.25) is 0 Å². The van der Waals surface area contributed by atoms with E-state index in [4.69, 9.17) is 0 Å². The van der Waals surface area contributed by atoms with E-state index in [2.05, 4.69) is 18.6 Å². The van der Waals surface area contributed by atoms with E-state index >= 15 is 0 Å². The third-order valence-electron chi connectivity index (χ3n) is 7.52. The molecule has 0 atom stereocenters. The van der Waals surface area contributed by atoms with Crippen LogP contribution in [0.25, 0.3) is 0 Å². The Labute approximate surface area is 192 Å². The normalized spacial score (nSPS) is 26.3. The molecule has 0 amide bonds. The van der Waals surface area contributed by atoms with Crippen molar-refractivity contribution in [2.75, 3.05) is 0 Å². The highest BCUT2D eigenvalue weighted by Crippen LogP contribution is 2.41. The Bertz CT molecular complexity index is 949. The zero-order chi connectivity index (χ0) is 23.8. The molecule has 2 aromatic rings. The summed E-state index contributed by atoms with van der Waals surface area (Å²) >= 11 is 0. The molecule has 0 unspecified atom stereocenters. The number of halogens is 5. The fraction of sp³-hybridized carbons (Fsp3) is 0.556. The van der Waals surface area contributed by atoms with E-state index in [1.165, 1.54) is 6.07 Å². The number of benzene rings is 2. The highest BCUT2D eigenvalue weighted by molar-refractivity contribution is 5.35. The molecule has 180 valence electrons. The largest absolute Gasteiger partial charge is 0.429 e. The molecule has 0 saturated heterocycles. The lowest BCUT2D eigenvalue weighted by molar-refractivity contribution is -0.187. The first-order valence-corrected chi connectivity index (χ1v) is 12.0. The van der Waals surface area contributed by atoms with Crippen molar-refractivity contribution in [1.82, 2.24) is 0 Å². The van der Waals surface area contributed by atoms with Crippen LogP contribution < -0.4 is 4.74 Å². The first-order chi connectivity index (χ1) is 15.6. The van der Waals surface area contributed by atoms with E-state index in [0.717, 1.165) is 62.8 Å². The molecule has 2 saturated carbocycles. The van der Waals surface area contributed by atoms with Crippen molar-refractivity contribution < 1.29 is 26.7 Å². The molecule has 33 heavy (non-hydrogen) atoms. The van der Waals surface area contributed by atoms with Gasteiger partial charge in [0.25, 0.3) is 0 Å². The number of alkyl halides is 2. The van der Waals surface area contributed by atoms with Gasteiger partial charge in [-0.2, -0.15) is 8.78 Å². The van der Waals surface area contributed by atoms with Crippen LogP contribution in [-0.4, -0.2) is 0 Å². The van der Waals surface area contributed by atoms with Crippen LogP contribution in [0.15, 0.2) is 30.3 Å². The smallest absolute Gasteiger partial charge is 0.429 e. The lowest BCUT2D eigenvalue weighted by Gasteiger charge is -2.28. The van der Waals surface area contributed by atoms with Crippen LogP contribution in [0, 0.1) is 29.3 Å². The zero-order valence-electron chi connectivity index (χ0n) is 19.2.